The smallest absolute Gasteiger partial charge is 0.00967 e. The van der Waals surface area contributed by atoms with Gasteiger partial charge < -0.3 is 10.6 Å². The fourth-order valence-corrected chi connectivity index (χ4v) is 1.75. The molecule has 2 nitrogen and oxygen atoms in total. The maximum atomic E-state index is 3.59. The molecule has 13 heavy (non-hydrogen) atoms. The van der Waals surface area contributed by atoms with E-state index in [4.69, 9.17) is 0 Å². The molecule has 1 aliphatic rings. The minimum atomic E-state index is 0.250. The van der Waals surface area contributed by atoms with E-state index in [-0.39, 0.29) is 5.54 Å². The van der Waals surface area contributed by atoms with Crippen LogP contribution >= 0.6 is 0 Å². The Labute approximate surface area is 82.5 Å². The van der Waals surface area contributed by atoms with Crippen LogP contribution in [0, 0.1) is 5.41 Å². The van der Waals surface area contributed by atoms with Crippen molar-refractivity contribution in [2.75, 3.05) is 19.6 Å². The first kappa shape index (κ1) is 11.0. The van der Waals surface area contributed by atoms with Gasteiger partial charge in [-0.15, -0.1) is 0 Å². The summed E-state index contributed by atoms with van der Waals surface area (Å²) in [4.78, 5) is 0. The molecule has 0 aromatic heterocycles. The summed E-state index contributed by atoms with van der Waals surface area (Å²) in [6, 6.07) is 0. The maximum Gasteiger partial charge on any atom is 0.00967 e. The Kier molecular flexibility index (Phi) is 3.36. The summed E-state index contributed by atoms with van der Waals surface area (Å²) < 4.78 is 0. The van der Waals surface area contributed by atoms with Crippen molar-refractivity contribution in [1.29, 1.82) is 0 Å². The van der Waals surface area contributed by atoms with Crippen LogP contribution in [-0.2, 0) is 0 Å². The van der Waals surface area contributed by atoms with Crippen molar-refractivity contribution in [3.8, 4) is 0 Å². The van der Waals surface area contributed by atoms with Crippen molar-refractivity contribution in [1.82, 2.24) is 10.6 Å². The van der Waals surface area contributed by atoms with Crippen LogP contribution in [0.2, 0.25) is 0 Å². The average Bonchev–Trinajstić information content (AvgIpc) is 2.02. The number of piperidine rings is 1. The van der Waals surface area contributed by atoms with E-state index < -0.39 is 0 Å². The number of hydrogen-bond acceptors (Lipinski definition) is 2. The van der Waals surface area contributed by atoms with E-state index in [1.54, 1.807) is 0 Å². The zero-order valence-electron chi connectivity index (χ0n) is 9.54. The first-order valence-corrected chi connectivity index (χ1v) is 5.37. The second kappa shape index (κ2) is 3.97. The summed E-state index contributed by atoms with van der Waals surface area (Å²) in [5, 5.41) is 7.06. The van der Waals surface area contributed by atoms with Gasteiger partial charge in [-0.25, -0.2) is 0 Å². The van der Waals surface area contributed by atoms with Gasteiger partial charge in [0.15, 0.2) is 0 Å². The molecular formula is C11H24N2. The Hall–Kier alpha value is -0.0800. The number of rotatable bonds is 2. The van der Waals surface area contributed by atoms with Crippen LogP contribution in [0.1, 0.15) is 40.5 Å². The highest BCUT2D eigenvalue weighted by molar-refractivity contribution is 4.85. The molecule has 78 valence electrons. The first-order chi connectivity index (χ1) is 5.91. The van der Waals surface area contributed by atoms with Crippen molar-refractivity contribution in [3.05, 3.63) is 0 Å². The SMILES string of the molecule is CC1(CNC(C)(C)C)CCCNC1. The lowest BCUT2D eigenvalue weighted by Crippen LogP contribution is -2.48. The molecular weight excluding hydrogens is 160 g/mol. The zero-order chi connectivity index (χ0) is 9.95. The van der Waals surface area contributed by atoms with Gasteiger partial charge in [0.2, 0.25) is 0 Å². The highest BCUT2D eigenvalue weighted by Crippen LogP contribution is 2.24. The normalized spacial score (nSPS) is 30.5. The zero-order valence-corrected chi connectivity index (χ0v) is 9.54. The van der Waals surface area contributed by atoms with Crippen molar-refractivity contribution < 1.29 is 0 Å². The maximum absolute atomic E-state index is 3.59. The largest absolute Gasteiger partial charge is 0.316 e. The fourth-order valence-electron chi connectivity index (χ4n) is 1.75. The molecule has 1 aliphatic heterocycles. The van der Waals surface area contributed by atoms with Gasteiger partial charge in [-0.3, -0.25) is 0 Å². The molecule has 1 rings (SSSR count). The van der Waals surface area contributed by atoms with E-state index in [1.165, 1.54) is 19.4 Å². The molecule has 1 atom stereocenters. The first-order valence-electron chi connectivity index (χ1n) is 5.37. The minimum absolute atomic E-state index is 0.250. The van der Waals surface area contributed by atoms with Gasteiger partial charge in [0.25, 0.3) is 0 Å². The van der Waals surface area contributed by atoms with Crippen LogP contribution in [0.15, 0.2) is 0 Å². The molecule has 2 N–H and O–H groups in total. The molecule has 0 bridgehead atoms. The number of hydrogen-bond donors (Lipinski definition) is 2. The van der Waals surface area contributed by atoms with Gasteiger partial charge in [-0.1, -0.05) is 6.92 Å². The molecule has 0 saturated carbocycles. The highest BCUT2D eigenvalue weighted by Gasteiger charge is 2.27. The molecule has 1 fully saturated rings. The lowest BCUT2D eigenvalue weighted by molar-refractivity contribution is 0.206. The predicted molar refractivity (Wildman–Crippen MR) is 58.0 cm³/mol. The minimum Gasteiger partial charge on any atom is -0.316 e. The third-order valence-electron chi connectivity index (χ3n) is 2.73. The Morgan fingerprint density at radius 3 is 2.54 bits per heavy atom. The Balaban J connectivity index is 2.33. The molecule has 0 aromatic carbocycles. The molecule has 0 spiro atoms. The molecule has 0 aliphatic carbocycles. The van der Waals surface area contributed by atoms with Crippen LogP contribution in [0.25, 0.3) is 0 Å². The van der Waals surface area contributed by atoms with E-state index in [0.717, 1.165) is 13.1 Å². The van der Waals surface area contributed by atoms with E-state index in [9.17, 15) is 0 Å². The van der Waals surface area contributed by atoms with Crippen LogP contribution < -0.4 is 10.6 Å². The van der Waals surface area contributed by atoms with Gasteiger partial charge in [-0.2, -0.15) is 0 Å². The summed E-state index contributed by atoms with van der Waals surface area (Å²) in [5.74, 6) is 0. The summed E-state index contributed by atoms with van der Waals surface area (Å²) in [6.45, 7) is 12.6. The van der Waals surface area contributed by atoms with E-state index in [2.05, 4.69) is 38.3 Å². The summed E-state index contributed by atoms with van der Waals surface area (Å²) in [5.41, 5.74) is 0.714. The third kappa shape index (κ3) is 4.10. The van der Waals surface area contributed by atoms with Gasteiger partial charge in [0.05, 0.1) is 0 Å². The predicted octanol–water partition coefficient (Wildman–Crippen LogP) is 1.76. The molecule has 1 heterocycles. The Bertz CT molecular complexity index is 152. The second-order valence-corrected chi connectivity index (χ2v) is 5.69. The molecule has 0 aromatic rings. The lowest BCUT2D eigenvalue weighted by atomic mass is 9.82. The third-order valence-corrected chi connectivity index (χ3v) is 2.73. The Morgan fingerprint density at radius 2 is 2.08 bits per heavy atom. The fraction of sp³-hybridized carbons (Fsp3) is 1.00. The standard InChI is InChI=1S/C11H24N2/c1-10(2,3)13-9-11(4)6-5-7-12-8-11/h12-13H,5-9H2,1-4H3. The topological polar surface area (TPSA) is 24.1 Å². The van der Waals surface area contributed by atoms with Gasteiger partial charge in [-0.05, 0) is 45.6 Å². The van der Waals surface area contributed by atoms with Crippen molar-refractivity contribution in [3.63, 3.8) is 0 Å². The molecule has 1 saturated heterocycles. The monoisotopic (exact) mass is 184 g/mol. The highest BCUT2D eigenvalue weighted by atomic mass is 15.0. The van der Waals surface area contributed by atoms with E-state index in [1.807, 2.05) is 0 Å². The summed E-state index contributed by atoms with van der Waals surface area (Å²) in [6.07, 6.45) is 2.67. The quantitative estimate of drug-likeness (QED) is 0.683. The van der Waals surface area contributed by atoms with Crippen LogP contribution in [0.5, 0.6) is 0 Å². The Morgan fingerprint density at radius 1 is 1.38 bits per heavy atom. The molecule has 2 heteroatoms. The lowest BCUT2D eigenvalue weighted by Gasteiger charge is -2.37. The molecule has 0 amide bonds. The van der Waals surface area contributed by atoms with Gasteiger partial charge >= 0.3 is 0 Å². The molecule has 0 radical (unpaired) electrons. The molecule has 1 unspecified atom stereocenters. The summed E-state index contributed by atoms with van der Waals surface area (Å²) in [7, 11) is 0. The van der Waals surface area contributed by atoms with Crippen molar-refractivity contribution in [2.45, 2.75) is 46.1 Å². The summed E-state index contributed by atoms with van der Waals surface area (Å²) >= 11 is 0. The van der Waals surface area contributed by atoms with Crippen LogP contribution in [-0.4, -0.2) is 25.2 Å². The van der Waals surface area contributed by atoms with Crippen molar-refractivity contribution >= 4 is 0 Å². The van der Waals surface area contributed by atoms with E-state index >= 15 is 0 Å². The van der Waals surface area contributed by atoms with Gasteiger partial charge in [0, 0.05) is 18.6 Å². The van der Waals surface area contributed by atoms with Crippen LogP contribution in [0.4, 0.5) is 0 Å². The van der Waals surface area contributed by atoms with Crippen molar-refractivity contribution in [2.24, 2.45) is 5.41 Å². The second-order valence-electron chi connectivity index (χ2n) is 5.69. The number of nitrogens with one attached hydrogen (secondary N) is 2. The average molecular weight is 184 g/mol. The van der Waals surface area contributed by atoms with E-state index in [0.29, 0.717) is 5.41 Å². The van der Waals surface area contributed by atoms with Crippen LogP contribution in [0.3, 0.4) is 0 Å². The van der Waals surface area contributed by atoms with Gasteiger partial charge in [0.1, 0.15) is 0 Å².